The van der Waals surface area contributed by atoms with E-state index < -0.39 is 0 Å². The number of rotatable bonds is 7. The van der Waals surface area contributed by atoms with E-state index in [1.54, 1.807) is 14.2 Å². The van der Waals surface area contributed by atoms with Crippen molar-refractivity contribution in [2.45, 2.75) is 18.4 Å². The Morgan fingerprint density at radius 3 is 2.62 bits per heavy atom. The van der Waals surface area contributed by atoms with E-state index in [9.17, 15) is 4.79 Å². The molecule has 2 saturated heterocycles. The highest BCUT2D eigenvalue weighted by Gasteiger charge is 2.44. The molecule has 0 radical (unpaired) electrons. The summed E-state index contributed by atoms with van der Waals surface area (Å²) in [6, 6.07) is 8.92. The monoisotopic (exact) mass is 362 g/mol. The van der Waals surface area contributed by atoms with Crippen molar-refractivity contribution in [3.05, 3.63) is 29.8 Å². The molecule has 0 saturated carbocycles. The van der Waals surface area contributed by atoms with Crippen LogP contribution in [-0.2, 0) is 14.3 Å². The fourth-order valence-corrected chi connectivity index (χ4v) is 4.32. The summed E-state index contributed by atoms with van der Waals surface area (Å²) in [7, 11) is 5.52. The Morgan fingerprint density at radius 2 is 1.92 bits per heavy atom. The molecule has 2 aliphatic heterocycles. The summed E-state index contributed by atoms with van der Waals surface area (Å²) in [5.74, 6) is 1.87. The molecule has 26 heavy (non-hydrogen) atoms. The Kier molecular flexibility index (Phi) is 6.51. The molecule has 1 amide bonds. The molecule has 0 spiro atoms. The highest BCUT2D eigenvalue weighted by molar-refractivity contribution is 5.77. The van der Waals surface area contributed by atoms with Crippen LogP contribution in [0.1, 0.15) is 17.9 Å². The number of benzene rings is 1. The molecule has 0 aliphatic carbocycles. The van der Waals surface area contributed by atoms with Crippen molar-refractivity contribution in [3.63, 3.8) is 0 Å². The molecule has 1 aromatic rings. The fraction of sp³-hybridized carbons (Fsp3) is 0.650. The van der Waals surface area contributed by atoms with E-state index in [0.717, 1.165) is 31.8 Å². The lowest BCUT2D eigenvalue weighted by Crippen LogP contribution is -2.49. The number of likely N-dealkylation sites (tertiary alicyclic amines) is 2. The SMILES string of the molecule is COCCOCC(=O)N1CC[C@@H]2[C@H](C1)[C@@H](c1ccc(OC)cc1)CN2C. The number of nitrogens with zero attached hydrogens (tertiary/aromatic N) is 2. The summed E-state index contributed by atoms with van der Waals surface area (Å²) in [4.78, 5) is 16.9. The molecule has 144 valence electrons. The lowest BCUT2D eigenvalue weighted by Gasteiger charge is -2.38. The van der Waals surface area contributed by atoms with Crippen LogP contribution < -0.4 is 4.74 Å². The van der Waals surface area contributed by atoms with Crippen molar-refractivity contribution in [1.29, 1.82) is 0 Å². The van der Waals surface area contributed by atoms with Crippen molar-refractivity contribution in [2.24, 2.45) is 5.92 Å². The van der Waals surface area contributed by atoms with Gasteiger partial charge in [-0.3, -0.25) is 4.79 Å². The lowest BCUT2D eigenvalue weighted by atomic mass is 9.82. The normalized spacial score (nSPS) is 26.0. The summed E-state index contributed by atoms with van der Waals surface area (Å²) >= 11 is 0. The van der Waals surface area contributed by atoms with E-state index in [1.165, 1.54) is 5.56 Å². The van der Waals surface area contributed by atoms with Crippen molar-refractivity contribution in [1.82, 2.24) is 9.80 Å². The predicted octanol–water partition coefficient (Wildman–Crippen LogP) is 1.60. The van der Waals surface area contributed by atoms with Crippen LogP contribution in [0, 0.1) is 5.92 Å². The van der Waals surface area contributed by atoms with Crippen molar-refractivity contribution in [2.75, 3.05) is 60.7 Å². The molecule has 3 rings (SSSR count). The average molecular weight is 362 g/mol. The summed E-state index contributed by atoms with van der Waals surface area (Å²) in [5, 5.41) is 0. The van der Waals surface area contributed by atoms with Crippen molar-refractivity contribution >= 4 is 5.91 Å². The van der Waals surface area contributed by atoms with Crippen LogP contribution in [0.3, 0.4) is 0 Å². The number of carbonyl (C=O) groups is 1. The van der Waals surface area contributed by atoms with Gasteiger partial charge in [0.2, 0.25) is 5.91 Å². The van der Waals surface area contributed by atoms with Gasteiger partial charge in [0, 0.05) is 44.6 Å². The largest absolute Gasteiger partial charge is 0.497 e. The maximum absolute atomic E-state index is 12.5. The first-order chi connectivity index (χ1) is 12.6. The van der Waals surface area contributed by atoms with E-state index in [0.29, 0.717) is 31.1 Å². The molecule has 3 atom stereocenters. The van der Waals surface area contributed by atoms with Crippen LogP contribution in [0.4, 0.5) is 0 Å². The van der Waals surface area contributed by atoms with Crippen LogP contribution in [-0.4, -0.2) is 82.5 Å². The topological polar surface area (TPSA) is 51.2 Å². The Labute approximate surface area is 156 Å². The molecule has 6 heteroatoms. The van der Waals surface area contributed by atoms with Gasteiger partial charge in [0.1, 0.15) is 12.4 Å². The number of hydrogen-bond donors (Lipinski definition) is 0. The van der Waals surface area contributed by atoms with Gasteiger partial charge in [-0.25, -0.2) is 0 Å². The van der Waals surface area contributed by atoms with Gasteiger partial charge < -0.3 is 24.0 Å². The van der Waals surface area contributed by atoms with Crippen LogP contribution in [0.15, 0.2) is 24.3 Å². The van der Waals surface area contributed by atoms with Crippen molar-refractivity contribution < 1.29 is 19.0 Å². The van der Waals surface area contributed by atoms with Gasteiger partial charge in [0.25, 0.3) is 0 Å². The van der Waals surface area contributed by atoms with E-state index >= 15 is 0 Å². The molecule has 2 aliphatic rings. The van der Waals surface area contributed by atoms with E-state index in [-0.39, 0.29) is 12.5 Å². The number of hydrogen-bond acceptors (Lipinski definition) is 5. The number of methoxy groups -OCH3 is 2. The number of carbonyl (C=O) groups excluding carboxylic acids is 1. The Morgan fingerprint density at radius 1 is 1.15 bits per heavy atom. The maximum Gasteiger partial charge on any atom is 0.248 e. The Hall–Kier alpha value is -1.63. The Balaban J connectivity index is 1.64. The molecule has 2 fully saturated rings. The zero-order chi connectivity index (χ0) is 18.5. The highest BCUT2D eigenvalue weighted by atomic mass is 16.5. The molecular formula is C20H30N2O4. The zero-order valence-corrected chi connectivity index (χ0v) is 16.0. The van der Waals surface area contributed by atoms with Crippen LogP contribution in [0.25, 0.3) is 0 Å². The molecule has 1 aromatic carbocycles. The van der Waals surface area contributed by atoms with E-state index in [1.807, 2.05) is 17.0 Å². The van der Waals surface area contributed by atoms with Gasteiger partial charge in [-0.05, 0) is 31.2 Å². The van der Waals surface area contributed by atoms with Gasteiger partial charge in [-0.2, -0.15) is 0 Å². The van der Waals surface area contributed by atoms with Gasteiger partial charge >= 0.3 is 0 Å². The third-order valence-electron chi connectivity index (χ3n) is 5.74. The van der Waals surface area contributed by atoms with Crippen LogP contribution >= 0.6 is 0 Å². The van der Waals surface area contributed by atoms with Crippen LogP contribution in [0.2, 0.25) is 0 Å². The minimum Gasteiger partial charge on any atom is -0.497 e. The number of likely N-dealkylation sites (N-methyl/N-ethyl adjacent to an activating group) is 1. The first kappa shape index (κ1) is 19.1. The minimum atomic E-state index is 0.0857. The first-order valence-corrected chi connectivity index (χ1v) is 9.32. The number of piperidine rings is 1. The molecule has 0 aromatic heterocycles. The number of ether oxygens (including phenoxy) is 3. The molecular weight excluding hydrogens is 332 g/mol. The first-order valence-electron chi connectivity index (χ1n) is 9.32. The standard InChI is InChI=1S/C20H30N2O4/c1-21-12-17(15-4-6-16(25-3)7-5-15)18-13-22(9-8-19(18)21)20(23)14-26-11-10-24-2/h4-7,17-19H,8-14H2,1-3H3/t17-,18-,19-/m1/s1. The van der Waals surface area contributed by atoms with Gasteiger partial charge in [0.05, 0.1) is 20.3 Å². The fourth-order valence-electron chi connectivity index (χ4n) is 4.32. The van der Waals surface area contributed by atoms with E-state index in [4.69, 9.17) is 14.2 Å². The molecule has 2 heterocycles. The highest BCUT2D eigenvalue weighted by Crippen LogP contribution is 2.41. The molecule has 6 nitrogen and oxygen atoms in total. The number of amides is 1. The van der Waals surface area contributed by atoms with Gasteiger partial charge in [0.15, 0.2) is 0 Å². The van der Waals surface area contributed by atoms with E-state index in [2.05, 4.69) is 24.1 Å². The average Bonchev–Trinajstić information content (AvgIpc) is 3.01. The van der Waals surface area contributed by atoms with Crippen LogP contribution in [0.5, 0.6) is 5.75 Å². The summed E-state index contributed by atoms with van der Waals surface area (Å²) in [6.07, 6.45) is 1.03. The second kappa shape index (κ2) is 8.84. The second-order valence-corrected chi connectivity index (χ2v) is 7.22. The van der Waals surface area contributed by atoms with Gasteiger partial charge in [-0.15, -0.1) is 0 Å². The Bertz CT molecular complexity index is 592. The molecule has 0 bridgehead atoms. The van der Waals surface area contributed by atoms with Gasteiger partial charge in [-0.1, -0.05) is 12.1 Å². The summed E-state index contributed by atoms with van der Waals surface area (Å²) in [6.45, 7) is 3.77. The zero-order valence-electron chi connectivity index (χ0n) is 16.0. The smallest absolute Gasteiger partial charge is 0.248 e. The minimum absolute atomic E-state index is 0.0857. The van der Waals surface area contributed by atoms with Crippen molar-refractivity contribution in [3.8, 4) is 5.75 Å². The molecule has 0 unspecified atom stereocenters. The third-order valence-corrected chi connectivity index (χ3v) is 5.74. The molecule has 0 N–H and O–H groups in total. The second-order valence-electron chi connectivity index (χ2n) is 7.22. The lowest BCUT2D eigenvalue weighted by molar-refractivity contribution is -0.138. The summed E-state index contributed by atoms with van der Waals surface area (Å²) in [5.41, 5.74) is 1.33. The third kappa shape index (κ3) is 4.19. The quantitative estimate of drug-likeness (QED) is 0.690. The summed E-state index contributed by atoms with van der Waals surface area (Å²) < 4.78 is 15.6. The number of fused-ring (bicyclic) bond motifs is 1. The maximum atomic E-state index is 12.5. The predicted molar refractivity (Wildman–Crippen MR) is 99.5 cm³/mol.